The predicted molar refractivity (Wildman–Crippen MR) is 62.9 cm³/mol. The van der Waals surface area contributed by atoms with Crippen LogP contribution in [-0.4, -0.2) is 15.2 Å². The van der Waals surface area contributed by atoms with Crippen molar-refractivity contribution in [2.24, 2.45) is 0 Å². The van der Waals surface area contributed by atoms with Crippen LogP contribution in [0.1, 0.15) is 25.7 Å². The molecule has 0 N–H and O–H groups in total. The minimum Gasteiger partial charge on any atom is -0.244 e. The van der Waals surface area contributed by atoms with E-state index in [4.69, 9.17) is 0 Å². The van der Waals surface area contributed by atoms with Crippen molar-refractivity contribution in [1.82, 2.24) is 9.97 Å². The van der Waals surface area contributed by atoms with Gasteiger partial charge in [-0.25, -0.2) is 9.97 Å². The highest BCUT2D eigenvalue weighted by Crippen LogP contribution is 2.35. The molecule has 0 radical (unpaired) electrons. The lowest BCUT2D eigenvalue weighted by Gasteiger charge is -2.07. The quantitative estimate of drug-likeness (QED) is 0.620. The van der Waals surface area contributed by atoms with Crippen molar-refractivity contribution in [3.8, 4) is 0 Å². The maximum Gasteiger partial charge on any atom is 0.116 e. The maximum atomic E-state index is 4.29. The van der Waals surface area contributed by atoms with Crippen molar-refractivity contribution in [3.63, 3.8) is 0 Å². The van der Waals surface area contributed by atoms with Crippen LogP contribution in [0.15, 0.2) is 17.6 Å². The number of hydrogen-bond acceptors (Lipinski definition) is 3. The largest absolute Gasteiger partial charge is 0.244 e. The van der Waals surface area contributed by atoms with Gasteiger partial charge in [0.2, 0.25) is 0 Å². The van der Waals surface area contributed by atoms with Crippen LogP contribution < -0.4 is 0 Å². The molecule has 70 valence electrons. The number of halogens is 1. The summed E-state index contributed by atoms with van der Waals surface area (Å²) < 4.78 is 1.18. The fraction of sp³-hybridized carbons (Fsp3) is 0.556. The van der Waals surface area contributed by atoms with E-state index in [1.165, 1.54) is 29.3 Å². The molecule has 1 aromatic heterocycles. The third-order valence-electron chi connectivity index (χ3n) is 2.21. The lowest BCUT2D eigenvalue weighted by atomic mass is 10.4. The first kappa shape index (κ1) is 9.71. The van der Waals surface area contributed by atoms with E-state index in [0.29, 0.717) is 0 Å². The van der Waals surface area contributed by atoms with Crippen molar-refractivity contribution in [1.29, 1.82) is 0 Å². The summed E-state index contributed by atoms with van der Waals surface area (Å²) in [5.74, 6) is 0. The Kier molecular flexibility index (Phi) is 3.43. The van der Waals surface area contributed by atoms with Gasteiger partial charge in [0.15, 0.2) is 0 Å². The second kappa shape index (κ2) is 4.59. The van der Waals surface area contributed by atoms with Gasteiger partial charge in [-0.3, -0.25) is 0 Å². The Morgan fingerprint density at radius 2 is 2.15 bits per heavy atom. The highest BCUT2D eigenvalue weighted by atomic mass is 127. The molecule has 2 nitrogen and oxygen atoms in total. The molecule has 0 saturated heterocycles. The number of hydrogen-bond donors (Lipinski definition) is 0. The number of thioether (sulfide) groups is 1. The van der Waals surface area contributed by atoms with Gasteiger partial charge < -0.3 is 0 Å². The minimum absolute atomic E-state index is 0.795. The van der Waals surface area contributed by atoms with Crippen LogP contribution in [0.4, 0.5) is 0 Å². The molecule has 0 aromatic carbocycles. The molecule has 1 saturated carbocycles. The summed E-state index contributed by atoms with van der Waals surface area (Å²) in [6, 6.07) is 0. The van der Waals surface area contributed by atoms with Crippen LogP contribution >= 0.6 is 34.4 Å². The van der Waals surface area contributed by atoms with E-state index in [9.17, 15) is 0 Å². The first-order chi connectivity index (χ1) is 6.36. The summed E-state index contributed by atoms with van der Waals surface area (Å²) in [6.07, 6.45) is 9.00. The van der Waals surface area contributed by atoms with Gasteiger partial charge in [0.05, 0.1) is 3.57 Å². The van der Waals surface area contributed by atoms with Crippen LogP contribution in [0, 0.1) is 3.57 Å². The van der Waals surface area contributed by atoms with E-state index >= 15 is 0 Å². The molecular weight excluding hydrogens is 295 g/mol. The zero-order valence-corrected chi connectivity index (χ0v) is 10.2. The van der Waals surface area contributed by atoms with Crippen LogP contribution in [0.2, 0.25) is 0 Å². The van der Waals surface area contributed by atoms with E-state index in [2.05, 4.69) is 32.6 Å². The number of aromatic nitrogens is 2. The van der Waals surface area contributed by atoms with Crippen molar-refractivity contribution < 1.29 is 0 Å². The van der Waals surface area contributed by atoms with Crippen LogP contribution in [0.3, 0.4) is 0 Å². The molecule has 0 spiro atoms. The highest BCUT2D eigenvalue weighted by Gasteiger charge is 2.17. The molecule has 0 aliphatic heterocycles. The molecule has 4 heteroatoms. The fourth-order valence-electron chi connectivity index (χ4n) is 1.55. The van der Waals surface area contributed by atoms with Gasteiger partial charge in [-0.05, 0) is 35.4 Å². The Balaban J connectivity index is 2.04. The molecule has 0 bridgehead atoms. The summed E-state index contributed by atoms with van der Waals surface area (Å²) in [4.78, 5) is 8.27. The Bertz CT molecular complexity index is 287. The first-order valence-electron chi connectivity index (χ1n) is 4.48. The molecule has 1 aliphatic carbocycles. The Labute approximate surface area is 96.1 Å². The predicted octanol–water partition coefficient (Wildman–Crippen LogP) is 3.12. The summed E-state index contributed by atoms with van der Waals surface area (Å²) in [5, 5.41) is 1.95. The van der Waals surface area contributed by atoms with Gasteiger partial charge in [0.25, 0.3) is 0 Å². The Hall–Kier alpha value is 0.160. The third kappa shape index (κ3) is 2.56. The lowest BCUT2D eigenvalue weighted by molar-refractivity contribution is 0.886. The van der Waals surface area contributed by atoms with E-state index < -0.39 is 0 Å². The molecule has 0 atom stereocenters. The second-order valence-corrected chi connectivity index (χ2v) is 5.65. The molecule has 1 fully saturated rings. The van der Waals surface area contributed by atoms with Crippen molar-refractivity contribution in [3.05, 3.63) is 16.1 Å². The van der Waals surface area contributed by atoms with E-state index in [0.717, 1.165) is 10.3 Å². The van der Waals surface area contributed by atoms with E-state index in [1.54, 1.807) is 6.33 Å². The molecular formula is C9H11IN2S. The van der Waals surface area contributed by atoms with Gasteiger partial charge in [0, 0.05) is 11.4 Å². The van der Waals surface area contributed by atoms with Gasteiger partial charge >= 0.3 is 0 Å². The highest BCUT2D eigenvalue weighted by molar-refractivity contribution is 14.1. The minimum atomic E-state index is 0.795. The Morgan fingerprint density at radius 3 is 2.85 bits per heavy atom. The zero-order chi connectivity index (χ0) is 9.10. The zero-order valence-electron chi connectivity index (χ0n) is 7.24. The number of rotatable bonds is 2. The van der Waals surface area contributed by atoms with Crippen molar-refractivity contribution in [2.75, 3.05) is 0 Å². The average molecular weight is 306 g/mol. The van der Waals surface area contributed by atoms with Crippen LogP contribution in [-0.2, 0) is 0 Å². The van der Waals surface area contributed by atoms with Gasteiger partial charge in [-0.2, -0.15) is 0 Å². The van der Waals surface area contributed by atoms with Crippen LogP contribution in [0.25, 0.3) is 0 Å². The van der Waals surface area contributed by atoms with Crippen molar-refractivity contribution in [2.45, 2.75) is 36.0 Å². The fourth-order valence-corrected chi connectivity index (χ4v) is 3.39. The third-order valence-corrected chi connectivity index (χ3v) is 4.72. The summed E-state index contributed by atoms with van der Waals surface area (Å²) >= 11 is 4.22. The molecule has 2 rings (SSSR count). The molecule has 1 aromatic rings. The second-order valence-electron chi connectivity index (χ2n) is 3.20. The smallest absolute Gasteiger partial charge is 0.116 e. The first-order valence-corrected chi connectivity index (χ1v) is 6.44. The van der Waals surface area contributed by atoms with Crippen molar-refractivity contribution >= 4 is 34.4 Å². The Morgan fingerprint density at radius 1 is 1.38 bits per heavy atom. The SMILES string of the molecule is Ic1cncnc1SC1CCCC1. The molecule has 1 aliphatic rings. The standard InChI is InChI=1S/C9H11IN2S/c10-8-5-11-6-12-9(8)13-7-3-1-2-4-7/h5-7H,1-4H2. The monoisotopic (exact) mass is 306 g/mol. The summed E-state index contributed by atoms with van der Waals surface area (Å²) in [5.41, 5.74) is 0. The molecule has 0 unspecified atom stereocenters. The van der Waals surface area contributed by atoms with Gasteiger partial charge in [-0.15, -0.1) is 11.8 Å². The van der Waals surface area contributed by atoms with Gasteiger partial charge in [-0.1, -0.05) is 12.8 Å². The van der Waals surface area contributed by atoms with Gasteiger partial charge in [0.1, 0.15) is 11.4 Å². The molecule has 1 heterocycles. The topological polar surface area (TPSA) is 25.8 Å². The lowest BCUT2D eigenvalue weighted by Crippen LogP contribution is -1.96. The molecule has 0 amide bonds. The number of nitrogens with zero attached hydrogens (tertiary/aromatic N) is 2. The summed E-state index contributed by atoms with van der Waals surface area (Å²) in [7, 11) is 0. The maximum absolute atomic E-state index is 4.29. The molecule has 13 heavy (non-hydrogen) atoms. The van der Waals surface area contributed by atoms with Crippen LogP contribution in [0.5, 0.6) is 0 Å². The normalized spacial score (nSPS) is 17.9. The summed E-state index contributed by atoms with van der Waals surface area (Å²) in [6.45, 7) is 0. The van der Waals surface area contributed by atoms with E-state index in [1.807, 2.05) is 18.0 Å². The average Bonchev–Trinajstić information content (AvgIpc) is 2.61. The van der Waals surface area contributed by atoms with E-state index in [-0.39, 0.29) is 0 Å².